The summed E-state index contributed by atoms with van der Waals surface area (Å²) in [6.45, 7) is 4.70. The van der Waals surface area contributed by atoms with E-state index < -0.39 is 9.84 Å². The van der Waals surface area contributed by atoms with Crippen LogP contribution in [0.1, 0.15) is 49.7 Å². The summed E-state index contributed by atoms with van der Waals surface area (Å²) >= 11 is 0. The number of carbonyl (C=O) groups excluding carboxylic acids is 1. The van der Waals surface area contributed by atoms with Crippen LogP contribution in [0, 0.1) is 11.3 Å². The highest BCUT2D eigenvalue weighted by atomic mass is 32.2. The molecule has 0 spiro atoms. The summed E-state index contributed by atoms with van der Waals surface area (Å²) in [6, 6.07) is 9.93. The first-order valence-electron chi connectivity index (χ1n) is 11.9. The van der Waals surface area contributed by atoms with Crippen LogP contribution in [0.25, 0.3) is 0 Å². The van der Waals surface area contributed by atoms with Gasteiger partial charge in [0.1, 0.15) is 0 Å². The van der Waals surface area contributed by atoms with Gasteiger partial charge in [-0.3, -0.25) is 14.6 Å². The van der Waals surface area contributed by atoms with E-state index in [0.29, 0.717) is 18.5 Å². The normalized spacial score (nSPS) is 24.8. The number of sulfone groups is 1. The quantitative estimate of drug-likeness (QED) is 0.649. The van der Waals surface area contributed by atoms with Crippen LogP contribution in [-0.2, 0) is 21.2 Å². The van der Waals surface area contributed by atoms with Crippen LogP contribution in [0.2, 0.25) is 0 Å². The van der Waals surface area contributed by atoms with Crippen LogP contribution in [0.15, 0.2) is 24.3 Å². The van der Waals surface area contributed by atoms with Crippen LogP contribution in [0.3, 0.4) is 0 Å². The fourth-order valence-corrected chi connectivity index (χ4v) is 7.09. The van der Waals surface area contributed by atoms with Crippen molar-refractivity contribution in [1.82, 2.24) is 14.7 Å². The Labute approximate surface area is 191 Å². The molecule has 2 aliphatic heterocycles. The minimum Gasteiger partial charge on any atom is -0.335 e. The molecule has 1 atom stereocenters. The lowest BCUT2D eigenvalue weighted by Gasteiger charge is -2.40. The predicted molar refractivity (Wildman–Crippen MR) is 124 cm³/mol. The van der Waals surface area contributed by atoms with E-state index in [2.05, 4.69) is 15.9 Å². The molecule has 0 unspecified atom stereocenters. The Morgan fingerprint density at radius 3 is 2.22 bits per heavy atom. The molecule has 1 aromatic rings. The topological polar surface area (TPSA) is 84.7 Å². The Hall–Kier alpha value is -1.95. The van der Waals surface area contributed by atoms with Gasteiger partial charge >= 0.3 is 0 Å². The van der Waals surface area contributed by atoms with Gasteiger partial charge in [-0.05, 0) is 37.0 Å². The smallest absolute Gasteiger partial charge is 0.237 e. The van der Waals surface area contributed by atoms with E-state index in [4.69, 9.17) is 5.26 Å². The van der Waals surface area contributed by atoms with Gasteiger partial charge in [0.15, 0.2) is 9.84 Å². The predicted octanol–water partition coefficient (Wildman–Crippen LogP) is 2.02. The average molecular weight is 459 g/mol. The van der Waals surface area contributed by atoms with Gasteiger partial charge < -0.3 is 4.90 Å². The molecule has 2 heterocycles. The highest BCUT2D eigenvalue weighted by Gasteiger charge is 2.39. The maximum absolute atomic E-state index is 13.4. The van der Waals surface area contributed by atoms with Gasteiger partial charge in [-0.2, -0.15) is 5.26 Å². The highest BCUT2D eigenvalue weighted by molar-refractivity contribution is 7.91. The molecule has 1 aliphatic carbocycles. The number of piperazine rings is 1. The molecule has 8 heteroatoms. The zero-order valence-corrected chi connectivity index (χ0v) is 19.6. The molecule has 0 bridgehead atoms. The van der Waals surface area contributed by atoms with Crippen LogP contribution in [0.4, 0.5) is 0 Å². The summed E-state index contributed by atoms with van der Waals surface area (Å²) in [6.07, 6.45) is 6.05. The molecule has 3 fully saturated rings. The molecule has 0 aromatic heterocycles. The number of amides is 1. The monoisotopic (exact) mass is 458 g/mol. The van der Waals surface area contributed by atoms with Gasteiger partial charge in [0.25, 0.3) is 0 Å². The molecule has 1 saturated carbocycles. The average Bonchev–Trinajstić information content (AvgIpc) is 3.15. The van der Waals surface area contributed by atoms with Gasteiger partial charge in [0, 0.05) is 44.8 Å². The fraction of sp³-hybridized carbons (Fsp3) is 0.667. The summed E-state index contributed by atoms with van der Waals surface area (Å²) in [5.74, 6) is 0.454. The zero-order chi connectivity index (χ0) is 22.6. The Bertz CT molecular complexity index is 927. The number of benzene rings is 1. The van der Waals surface area contributed by atoms with E-state index >= 15 is 0 Å². The van der Waals surface area contributed by atoms with Gasteiger partial charge in [-0.25, -0.2) is 8.42 Å². The molecule has 0 radical (unpaired) electrons. The third-order valence-corrected chi connectivity index (χ3v) is 8.92. The molecule has 1 aromatic carbocycles. The van der Waals surface area contributed by atoms with Crippen LogP contribution in [-0.4, -0.2) is 85.3 Å². The summed E-state index contributed by atoms with van der Waals surface area (Å²) in [5, 5.41) is 8.94. The molecule has 7 nitrogen and oxygen atoms in total. The van der Waals surface area contributed by atoms with Crippen molar-refractivity contribution in [2.24, 2.45) is 0 Å². The Morgan fingerprint density at radius 2 is 1.62 bits per heavy atom. The first-order chi connectivity index (χ1) is 15.4. The highest BCUT2D eigenvalue weighted by Crippen LogP contribution is 2.28. The van der Waals surface area contributed by atoms with Gasteiger partial charge in [-0.1, -0.05) is 31.4 Å². The second kappa shape index (κ2) is 10.3. The summed E-state index contributed by atoms with van der Waals surface area (Å²) in [7, 11) is -3.02. The number of carbonyl (C=O) groups is 1. The lowest BCUT2D eigenvalue weighted by atomic mass is 9.92. The SMILES string of the molecule is N#Cc1ccc(CN2CCN(CC(=O)N(C3CCCCC3)[C@H]3CCS(=O)(=O)C3)CC2)cc1. The van der Waals surface area contributed by atoms with Gasteiger partial charge in [0.2, 0.25) is 5.91 Å². The van der Waals surface area contributed by atoms with Crippen molar-refractivity contribution < 1.29 is 13.2 Å². The second-order valence-electron chi connectivity index (χ2n) is 9.51. The second-order valence-corrected chi connectivity index (χ2v) is 11.7. The van der Waals surface area contributed by atoms with E-state index in [0.717, 1.165) is 58.4 Å². The Balaban J connectivity index is 1.32. The van der Waals surface area contributed by atoms with Crippen LogP contribution < -0.4 is 0 Å². The molecule has 1 amide bonds. The number of rotatable bonds is 6. The molecule has 174 valence electrons. The van der Waals surface area contributed by atoms with Crippen molar-refractivity contribution in [2.45, 2.75) is 57.2 Å². The van der Waals surface area contributed by atoms with Crippen molar-refractivity contribution in [2.75, 3.05) is 44.2 Å². The molecular formula is C24H34N4O3S. The van der Waals surface area contributed by atoms with Crippen molar-refractivity contribution in [3.8, 4) is 6.07 Å². The molecular weight excluding hydrogens is 424 g/mol. The molecule has 3 aliphatic rings. The zero-order valence-electron chi connectivity index (χ0n) is 18.8. The van der Waals surface area contributed by atoms with E-state index in [-0.39, 0.29) is 29.5 Å². The lowest BCUT2D eigenvalue weighted by Crippen LogP contribution is -2.54. The van der Waals surface area contributed by atoms with E-state index in [1.807, 2.05) is 29.2 Å². The number of nitriles is 1. The van der Waals surface area contributed by atoms with E-state index in [1.165, 1.54) is 12.0 Å². The molecule has 4 rings (SSSR count). The van der Waals surface area contributed by atoms with Crippen molar-refractivity contribution in [3.63, 3.8) is 0 Å². The minimum absolute atomic E-state index is 0.111. The number of hydrogen-bond acceptors (Lipinski definition) is 6. The van der Waals surface area contributed by atoms with Gasteiger partial charge in [0.05, 0.1) is 29.7 Å². The maximum Gasteiger partial charge on any atom is 0.237 e. The van der Waals surface area contributed by atoms with Crippen LogP contribution >= 0.6 is 0 Å². The number of nitrogens with zero attached hydrogens (tertiary/aromatic N) is 4. The molecule has 32 heavy (non-hydrogen) atoms. The molecule has 2 saturated heterocycles. The number of hydrogen-bond donors (Lipinski definition) is 0. The summed E-state index contributed by atoms with van der Waals surface area (Å²) in [4.78, 5) is 20.0. The van der Waals surface area contributed by atoms with Crippen molar-refractivity contribution >= 4 is 15.7 Å². The van der Waals surface area contributed by atoms with Crippen molar-refractivity contribution in [3.05, 3.63) is 35.4 Å². The Morgan fingerprint density at radius 1 is 0.969 bits per heavy atom. The third kappa shape index (κ3) is 5.89. The first-order valence-corrected chi connectivity index (χ1v) is 13.7. The van der Waals surface area contributed by atoms with E-state index in [9.17, 15) is 13.2 Å². The standard InChI is InChI=1S/C24H34N4O3S/c25-16-20-6-8-21(9-7-20)17-26-11-13-27(14-12-26)18-24(29)28(22-4-2-1-3-5-22)23-10-15-32(30,31)19-23/h6-9,22-23H,1-5,10-15,17-19H2/t23-/m0/s1. The first kappa shape index (κ1) is 23.2. The minimum atomic E-state index is -3.02. The Kier molecular flexibility index (Phi) is 7.49. The largest absolute Gasteiger partial charge is 0.335 e. The van der Waals surface area contributed by atoms with Crippen molar-refractivity contribution in [1.29, 1.82) is 5.26 Å². The summed E-state index contributed by atoms with van der Waals surface area (Å²) in [5.41, 5.74) is 1.87. The summed E-state index contributed by atoms with van der Waals surface area (Å²) < 4.78 is 24.2. The van der Waals surface area contributed by atoms with E-state index in [1.54, 1.807) is 0 Å². The molecule has 0 N–H and O–H groups in total. The van der Waals surface area contributed by atoms with Crippen LogP contribution in [0.5, 0.6) is 0 Å². The lowest BCUT2D eigenvalue weighted by molar-refractivity contribution is -0.138. The fourth-order valence-electron chi connectivity index (χ4n) is 5.38. The maximum atomic E-state index is 13.4. The third-order valence-electron chi connectivity index (χ3n) is 7.17. The van der Waals surface area contributed by atoms with Gasteiger partial charge in [-0.15, -0.1) is 0 Å².